The molecular weight excluding hydrogens is 184 g/mol. The molecular formula is C5H12N2O2S2. The van der Waals surface area contributed by atoms with Crippen LogP contribution in [0.4, 0.5) is 4.79 Å². The van der Waals surface area contributed by atoms with E-state index in [4.69, 9.17) is 10.8 Å². The highest BCUT2D eigenvalue weighted by atomic mass is 32.1. The maximum absolute atomic E-state index is 9.96. The van der Waals surface area contributed by atoms with Crippen LogP contribution in [0.1, 0.15) is 6.42 Å². The van der Waals surface area contributed by atoms with E-state index >= 15 is 0 Å². The van der Waals surface area contributed by atoms with Crippen molar-refractivity contribution in [1.82, 2.24) is 5.32 Å². The third-order valence-electron chi connectivity index (χ3n) is 1.11. The molecule has 0 heterocycles. The molecule has 0 aliphatic rings. The standard InChI is InChI=1S/C5H12N2O2S2/c6-4(11)3(10)1-2-7-5(8)9/h3-4,7,10-11H,1-2,6H2,(H,8,9). The summed E-state index contributed by atoms with van der Waals surface area (Å²) in [6, 6.07) is 0. The first kappa shape index (κ1) is 10.9. The molecule has 0 bridgehead atoms. The van der Waals surface area contributed by atoms with E-state index in [2.05, 4.69) is 30.6 Å². The number of carbonyl (C=O) groups is 1. The Bertz CT molecular complexity index is 132. The van der Waals surface area contributed by atoms with E-state index in [1.807, 2.05) is 0 Å². The van der Waals surface area contributed by atoms with Crippen LogP contribution in [0, 0.1) is 0 Å². The van der Waals surface area contributed by atoms with Gasteiger partial charge in [-0.15, -0.1) is 0 Å². The van der Waals surface area contributed by atoms with E-state index < -0.39 is 6.09 Å². The molecule has 0 aromatic heterocycles. The van der Waals surface area contributed by atoms with Gasteiger partial charge in [-0.1, -0.05) is 0 Å². The van der Waals surface area contributed by atoms with Crippen molar-refractivity contribution in [3.05, 3.63) is 0 Å². The summed E-state index contributed by atoms with van der Waals surface area (Å²) in [6.07, 6.45) is -0.446. The number of carboxylic acid groups (broad SMARTS) is 1. The first-order chi connectivity index (χ1) is 5.04. The lowest BCUT2D eigenvalue weighted by atomic mass is 10.3. The van der Waals surface area contributed by atoms with E-state index in [0.717, 1.165) is 0 Å². The quantitative estimate of drug-likeness (QED) is 0.328. The van der Waals surface area contributed by atoms with Crippen molar-refractivity contribution in [2.24, 2.45) is 5.73 Å². The van der Waals surface area contributed by atoms with Gasteiger partial charge in [0.25, 0.3) is 0 Å². The zero-order valence-corrected chi connectivity index (χ0v) is 7.69. The second-order valence-corrected chi connectivity index (χ2v) is 3.34. The molecule has 11 heavy (non-hydrogen) atoms. The van der Waals surface area contributed by atoms with Crippen LogP contribution in [-0.4, -0.2) is 28.4 Å². The van der Waals surface area contributed by atoms with Crippen molar-refractivity contribution in [2.75, 3.05) is 6.54 Å². The topological polar surface area (TPSA) is 75.3 Å². The predicted octanol–water partition coefficient (Wildman–Crippen LogP) is 0.157. The van der Waals surface area contributed by atoms with Crippen molar-refractivity contribution in [1.29, 1.82) is 0 Å². The molecule has 4 nitrogen and oxygen atoms in total. The number of amides is 1. The number of nitrogens with two attached hydrogens (primary N) is 1. The Kier molecular flexibility index (Phi) is 5.53. The Morgan fingerprint density at radius 2 is 2.18 bits per heavy atom. The van der Waals surface area contributed by atoms with E-state index in [1.165, 1.54) is 0 Å². The molecule has 0 aliphatic carbocycles. The second kappa shape index (κ2) is 5.56. The van der Waals surface area contributed by atoms with Gasteiger partial charge in [0, 0.05) is 11.8 Å². The molecule has 0 aromatic rings. The first-order valence-electron chi connectivity index (χ1n) is 3.12. The Labute approximate surface area is 76.4 Å². The van der Waals surface area contributed by atoms with Crippen molar-refractivity contribution in [3.8, 4) is 0 Å². The van der Waals surface area contributed by atoms with Gasteiger partial charge in [-0.05, 0) is 6.42 Å². The maximum atomic E-state index is 9.96. The summed E-state index contributed by atoms with van der Waals surface area (Å²) in [5.74, 6) is 0. The fourth-order valence-electron chi connectivity index (χ4n) is 0.498. The highest BCUT2D eigenvalue weighted by molar-refractivity contribution is 7.85. The Morgan fingerprint density at radius 3 is 2.55 bits per heavy atom. The molecule has 66 valence electrons. The van der Waals surface area contributed by atoms with Crippen LogP contribution >= 0.6 is 25.3 Å². The minimum Gasteiger partial charge on any atom is -0.465 e. The van der Waals surface area contributed by atoms with Gasteiger partial charge >= 0.3 is 6.09 Å². The molecule has 0 saturated heterocycles. The van der Waals surface area contributed by atoms with Crippen LogP contribution in [0.15, 0.2) is 0 Å². The molecule has 0 fully saturated rings. The summed E-state index contributed by atoms with van der Waals surface area (Å²) >= 11 is 8.04. The maximum Gasteiger partial charge on any atom is 0.404 e. The molecule has 1 amide bonds. The number of nitrogens with one attached hydrogen (secondary N) is 1. The summed E-state index contributed by atoms with van der Waals surface area (Å²) in [5, 5.41) is 10.00. The lowest BCUT2D eigenvalue weighted by Gasteiger charge is -2.12. The van der Waals surface area contributed by atoms with Gasteiger partial charge in [-0.25, -0.2) is 4.79 Å². The van der Waals surface area contributed by atoms with Gasteiger partial charge in [0.1, 0.15) is 0 Å². The molecule has 0 spiro atoms. The summed E-state index contributed by atoms with van der Waals surface area (Å²) in [5.41, 5.74) is 5.37. The average molecular weight is 196 g/mol. The first-order valence-corrected chi connectivity index (χ1v) is 4.16. The Hall–Kier alpha value is -0.0700. The van der Waals surface area contributed by atoms with Gasteiger partial charge in [-0.2, -0.15) is 25.3 Å². The fraction of sp³-hybridized carbons (Fsp3) is 0.800. The zero-order valence-electron chi connectivity index (χ0n) is 5.90. The van der Waals surface area contributed by atoms with Crippen LogP contribution in [0.2, 0.25) is 0 Å². The molecule has 0 saturated carbocycles. The highest BCUT2D eigenvalue weighted by Gasteiger charge is 2.08. The van der Waals surface area contributed by atoms with Gasteiger partial charge in [0.05, 0.1) is 5.37 Å². The Balaban J connectivity index is 3.31. The summed E-state index contributed by atoms with van der Waals surface area (Å²) < 4.78 is 0. The molecule has 0 aliphatic heterocycles. The van der Waals surface area contributed by atoms with E-state index in [-0.39, 0.29) is 10.6 Å². The fourth-order valence-corrected chi connectivity index (χ4v) is 0.776. The largest absolute Gasteiger partial charge is 0.465 e. The van der Waals surface area contributed by atoms with Crippen molar-refractivity contribution < 1.29 is 9.90 Å². The molecule has 4 N–H and O–H groups in total. The molecule has 2 atom stereocenters. The van der Waals surface area contributed by atoms with Crippen molar-refractivity contribution in [3.63, 3.8) is 0 Å². The van der Waals surface area contributed by atoms with E-state index in [0.29, 0.717) is 13.0 Å². The monoisotopic (exact) mass is 196 g/mol. The minimum absolute atomic E-state index is 0.0785. The van der Waals surface area contributed by atoms with Crippen molar-refractivity contribution in [2.45, 2.75) is 17.0 Å². The SMILES string of the molecule is NC(S)C(S)CCNC(=O)O. The smallest absolute Gasteiger partial charge is 0.404 e. The van der Waals surface area contributed by atoms with Gasteiger partial charge < -0.3 is 16.2 Å². The van der Waals surface area contributed by atoms with Gasteiger partial charge in [0.15, 0.2) is 0 Å². The third-order valence-corrected chi connectivity index (χ3v) is 2.29. The lowest BCUT2D eigenvalue weighted by Crippen LogP contribution is -2.30. The molecule has 0 aromatic carbocycles. The number of hydrogen-bond acceptors (Lipinski definition) is 4. The highest BCUT2D eigenvalue weighted by Crippen LogP contribution is 2.06. The van der Waals surface area contributed by atoms with Crippen LogP contribution in [-0.2, 0) is 0 Å². The minimum atomic E-state index is -1.03. The summed E-state index contributed by atoms with van der Waals surface area (Å²) in [6.45, 7) is 0.359. The van der Waals surface area contributed by atoms with Crippen molar-refractivity contribution >= 4 is 31.4 Å². The lowest BCUT2D eigenvalue weighted by molar-refractivity contribution is 0.194. The molecule has 0 rings (SSSR count). The van der Waals surface area contributed by atoms with Crippen LogP contribution in [0.3, 0.4) is 0 Å². The molecule has 2 unspecified atom stereocenters. The normalized spacial score (nSPS) is 15.5. The third kappa shape index (κ3) is 6.33. The van der Waals surface area contributed by atoms with Gasteiger partial charge in [0.2, 0.25) is 0 Å². The van der Waals surface area contributed by atoms with E-state index in [1.54, 1.807) is 0 Å². The number of thiol groups is 2. The number of rotatable bonds is 4. The average Bonchev–Trinajstić information content (AvgIpc) is 1.86. The zero-order chi connectivity index (χ0) is 8.85. The van der Waals surface area contributed by atoms with Crippen LogP contribution in [0.25, 0.3) is 0 Å². The molecule has 6 heteroatoms. The van der Waals surface area contributed by atoms with Gasteiger partial charge in [-0.3, -0.25) is 0 Å². The second-order valence-electron chi connectivity index (χ2n) is 2.08. The molecule has 0 radical (unpaired) electrons. The summed E-state index contributed by atoms with van der Waals surface area (Å²) in [7, 11) is 0. The summed E-state index contributed by atoms with van der Waals surface area (Å²) in [4.78, 5) is 9.96. The van der Waals surface area contributed by atoms with E-state index in [9.17, 15) is 4.79 Å². The Morgan fingerprint density at radius 1 is 1.64 bits per heavy atom. The predicted molar refractivity (Wildman–Crippen MR) is 50.4 cm³/mol. The van der Waals surface area contributed by atoms with Crippen LogP contribution < -0.4 is 11.1 Å². The number of hydrogen-bond donors (Lipinski definition) is 5. The van der Waals surface area contributed by atoms with Crippen LogP contribution in [0.5, 0.6) is 0 Å².